The summed E-state index contributed by atoms with van der Waals surface area (Å²) in [5.41, 5.74) is 2.10. The molecule has 28 heavy (non-hydrogen) atoms. The van der Waals surface area contributed by atoms with Crippen LogP contribution in [0.4, 0.5) is 5.82 Å². The number of hydrogen-bond donors (Lipinski definition) is 2. The number of aliphatic hydroxyl groups is 1. The van der Waals surface area contributed by atoms with Crippen LogP contribution in [-0.4, -0.2) is 51.0 Å². The Morgan fingerprint density at radius 2 is 1.96 bits per heavy atom. The molecular weight excluding hydrogens is 354 g/mol. The Kier molecular flexibility index (Phi) is 5.62. The fraction of sp³-hybridized carbons (Fsp3) is 0.571. The first kappa shape index (κ1) is 18.9. The van der Waals surface area contributed by atoms with Crippen molar-refractivity contribution < 1.29 is 9.90 Å². The summed E-state index contributed by atoms with van der Waals surface area (Å²) in [6.07, 6.45) is 10.7. The molecule has 4 rings (SSSR count). The first-order valence-corrected chi connectivity index (χ1v) is 10.3. The highest BCUT2D eigenvalue weighted by molar-refractivity contribution is 5.80. The van der Waals surface area contributed by atoms with E-state index in [0.29, 0.717) is 6.54 Å². The molecule has 2 fully saturated rings. The van der Waals surface area contributed by atoms with E-state index in [1.807, 2.05) is 31.7 Å². The number of aryl methyl sites for hydroxylation is 1. The van der Waals surface area contributed by atoms with Crippen molar-refractivity contribution in [3.05, 3.63) is 30.7 Å². The third-order valence-corrected chi connectivity index (χ3v) is 5.95. The maximum atomic E-state index is 12.7. The number of hydrogen-bond acceptors (Lipinski definition) is 5. The molecule has 1 saturated carbocycles. The van der Waals surface area contributed by atoms with Crippen LogP contribution in [-0.2, 0) is 11.8 Å². The summed E-state index contributed by atoms with van der Waals surface area (Å²) in [5, 5.41) is 17.0. The van der Waals surface area contributed by atoms with Gasteiger partial charge in [0.15, 0.2) is 0 Å². The quantitative estimate of drug-likeness (QED) is 0.845. The first-order valence-electron chi connectivity index (χ1n) is 10.3. The molecule has 2 aliphatic rings. The lowest BCUT2D eigenvalue weighted by molar-refractivity contribution is -0.126. The lowest BCUT2D eigenvalue weighted by Crippen LogP contribution is -2.47. The van der Waals surface area contributed by atoms with Crippen molar-refractivity contribution in [2.45, 2.75) is 50.7 Å². The second-order valence-electron chi connectivity index (χ2n) is 8.11. The highest BCUT2D eigenvalue weighted by Crippen LogP contribution is 2.25. The SMILES string of the molecule is Cn1cc(-c2ccc(N3CCCC(C(=O)NC4CCC(O)CC4)C3)nc2)cn1. The Morgan fingerprint density at radius 1 is 1.14 bits per heavy atom. The zero-order valence-corrected chi connectivity index (χ0v) is 16.4. The van der Waals surface area contributed by atoms with E-state index >= 15 is 0 Å². The summed E-state index contributed by atoms with van der Waals surface area (Å²) >= 11 is 0. The number of aliphatic hydroxyl groups excluding tert-OH is 1. The van der Waals surface area contributed by atoms with Crippen molar-refractivity contribution in [1.29, 1.82) is 0 Å². The highest BCUT2D eigenvalue weighted by atomic mass is 16.3. The predicted octanol–water partition coefficient (Wildman–Crippen LogP) is 2.12. The van der Waals surface area contributed by atoms with Crippen molar-refractivity contribution in [2.24, 2.45) is 13.0 Å². The maximum Gasteiger partial charge on any atom is 0.225 e. The molecule has 1 amide bonds. The number of nitrogens with zero attached hydrogens (tertiary/aromatic N) is 4. The van der Waals surface area contributed by atoms with Gasteiger partial charge < -0.3 is 15.3 Å². The van der Waals surface area contributed by atoms with Gasteiger partial charge in [-0.15, -0.1) is 0 Å². The normalized spacial score (nSPS) is 25.5. The molecule has 7 nitrogen and oxygen atoms in total. The van der Waals surface area contributed by atoms with Gasteiger partial charge in [-0.3, -0.25) is 9.48 Å². The van der Waals surface area contributed by atoms with Gasteiger partial charge in [0.05, 0.1) is 18.2 Å². The molecule has 0 spiro atoms. The van der Waals surface area contributed by atoms with Gasteiger partial charge in [-0.25, -0.2) is 4.98 Å². The molecule has 2 aromatic heterocycles. The van der Waals surface area contributed by atoms with Crippen LogP contribution in [0.25, 0.3) is 11.1 Å². The topological polar surface area (TPSA) is 83.3 Å². The van der Waals surface area contributed by atoms with Crippen molar-refractivity contribution in [3.8, 4) is 11.1 Å². The second-order valence-corrected chi connectivity index (χ2v) is 8.11. The maximum absolute atomic E-state index is 12.7. The molecule has 0 radical (unpaired) electrons. The molecule has 2 N–H and O–H groups in total. The zero-order valence-electron chi connectivity index (χ0n) is 16.4. The number of amides is 1. The van der Waals surface area contributed by atoms with E-state index in [4.69, 9.17) is 0 Å². The minimum Gasteiger partial charge on any atom is -0.393 e. The standard InChI is InChI=1S/C21H29N5O2/c1-25-13-17(12-23-25)15-4-9-20(22-11-15)26-10-2-3-16(14-26)21(28)24-18-5-7-19(27)8-6-18/h4,9,11-13,16,18-19,27H,2-3,5-8,10,14H2,1H3,(H,24,28). The molecule has 1 atom stereocenters. The Morgan fingerprint density at radius 3 is 2.64 bits per heavy atom. The summed E-state index contributed by atoms with van der Waals surface area (Å²) in [6, 6.07) is 4.31. The molecular formula is C21H29N5O2. The largest absolute Gasteiger partial charge is 0.393 e. The molecule has 7 heteroatoms. The van der Waals surface area contributed by atoms with Crippen LogP contribution < -0.4 is 10.2 Å². The van der Waals surface area contributed by atoms with Crippen molar-refractivity contribution in [3.63, 3.8) is 0 Å². The van der Waals surface area contributed by atoms with Crippen molar-refractivity contribution >= 4 is 11.7 Å². The van der Waals surface area contributed by atoms with Crippen LogP contribution in [0, 0.1) is 5.92 Å². The van der Waals surface area contributed by atoms with Gasteiger partial charge in [0.25, 0.3) is 0 Å². The van der Waals surface area contributed by atoms with Crippen LogP contribution >= 0.6 is 0 Å². The Balaban J connectivity index is 1.36. The molecule has 1 aliphatic heterocycles. The Bertz CT molecular complexity index is 795. The van der Waals surface area contributed by atoms with Gasteiger partial charge in [-0.05, 0) is 50.7 Å². The molecule has 2 aromatic rings. The number of carbonyl (C=O) groups is 1. The van der Waals surface area contributed by atoms with Crippen LogP contribution in [0.5, 0.6) is 0 Å². The second kappa shape index (κ2) is 8.31. The van der Waals surface area contributed by atoms with Crippen LogP contribution in [0.1, 0.15) is 38.5 Å². The fourth-order valence-electron chi connectivity index (χ4n) is 4.25. The number of piperidine rings is 1. The summed E-state index contributed by atoms with van der Waals surface area (Å²) in [7, 11) is 1.90. The summed E-state index contributed by atoms with van der Waals surface area (Å²) in [4.78, 5) is 19.6. The highest BCUT2D eigenvalue weighted by Gasteiger charge is 2.29. The Hall–Kier alpha value is -2.41. The minimum atomic E-state index is -0.195. The number of carbonyl (C=O) groups excluding carboxylic acids is 1. The molecule has 1 saturated heterocycles. The Labute approximate surface area is 165 Å². The van der Waals surface area contributed by atoms with Crippen LogP contribution in [0.3, 0.4) is 0 Å². The van der Waals surface area contributed by atoms with Crippen LogP contribution in [0.15, 0.2) is 30.7 Å². The number of anilines is 1. The predicted molar refractivity (Wildman–Crippen MR) is 108 cm³/mol. The summed E-state index contributed by atoms with van der Waals surface area (Å²) in [6.45, 7) is 1.64. The number of rotatable bonds is 4. The van der Waals surface area contributed by atoms with E-state index in [9.17, 15) is 9.90 Å². The molecule has 1 aliphatic carbocycles. The van der Waals surface area contributed by atoms with Crippen molar-refractivity contribution in [1.82, 2.24) is 20.1 Å². The molecule has 0 bridgehead atoms. The fourth-order valence-corrected chi connectivity index (χ4v) is 4.25. The lowest BCUT2D eigenvalue weighted by atomic mass is 9.91. The summed E-state index contributed by atoms with van der Waals surface area (Å²) < 4.78 is 1.78. The number of pyridine rings is 1. The molecule has 0 aromatic carbocycles. The number of aromatic nitrogens is 3. The molecule has 150 valence electrons. The van der Waals surface area contributed by atoms with Gasteiger partial charge in [0, 0.05) is 49.7 Å². The molecule has 3 heterocycles. The van der Waals surface area contributed by atoms with Crippen LogP contribution in [0.2, 0.25) is 0 Å². The van der Waals surface area contributed by atoms with E-state index in [2.05, 4.69) is 26.4 Å². The lowest BCUT2D eigenvalue weighted by Gasteiger charge is -2.34. The van der Waals surface area contributed by atoms with Gasteiger partial charge in [0.2, 0.25) is 5.91 Å². The van der Waals surface area contributed by atoms with Gasteiger partial charge >= 0.3 is 0 Å². The van der Waals surface area contributed by atoms with E-state index in [1.165, 1.54) is 0 Å². The summed E-state index contributed by atoms with van der Waals surface area (Å²) in [5.74, 6) is 1.07. The van der Waals surface area contributed by atoms with Gasteiger partial charge in [-0.2, -0.15) is 5.10 Å². The smallest absolute Gasteiger partial charge is 0.225 e. The van der Waals surface area contributed by atoms with Crippen molar-refractivity contribution in [2.75, 3.05) is 18.0 Å². The van der Waals surface area contributed by atoms with Gasteiger partial charge in [0.1, 0.15) is 5.82 Å². The zero-order chi connectivity index (χ0) is 19.5. The van der Waals surface area contributed by atoms with E-state index in [1.54, 1.807) is 4.68 Å². The average molecular weight is 383 g/mol. The number of nitrogens with one attached hydrogen (secondary N) is 1. The monoisotopic (exact) mass is 383 g/mol. The minimum absolute atomic E-state index is 0.000370. The first-order chi connectivity index (χ1) is 13.6. The third kappa shape index (κ3) is 4.35. The molecule has 1 unspecified atom stereocenters. The van der Waals surface area contributed by atoms with E-state index < -0.39 is 0 Å². The van der Waals surface area contributed by atoms with E-state index in [0.717, 1.165) is 62.0 Å². The third-order valence-electron chi connectivity index (χ3n) is 5.95. The van der Waals surface area contributed by atoms with E-state index in [-0.39, 0.29) is 24.0 Å². The average Bonchev–Trinajstić information content (AvgIpc) is 3.16. The van der Waals surface area contributed by atoms with Gasteiger partial charge in [-0.1, -0.05) is 0 Å².